The van der Waals surface area contributed by atoms with Crippen LogP contribution in [0, 0.1) is 6.92 Å². The number of nitrogens with zero attached hydrogens (tertiary/aromatic N) is 5. The number of carbonyl (C=O) groups is 1. The number of nitrogens with one attached hydrogen (secondary N) is 1. The van der Waals surface area contributed by atoms with Gasteiger partial charge in [0.15, 0.2) is 0 Å². The van der Waals surface area contributed by atoms with Crippen molar-refractivity contribution in [1.29, 1.82) is 0 Å². The second-order valence-electron chi connectivity index (χ2n) is 5.39. The van der Waals surface area contributed by atoms with Gasteiger partial charge in [0.2, 0.25) is 17.6 Å². The number of methoxy groups -OCH3 is 1. The van der Waals surface area contributed by atoms with Crippen molar-refractivity contribution in [3.63, 3.8) is 0 Å². The van der Waals surface area contributed by atoms with Crippen molar-refractivity contribution in [3.05, 3.63) is 36.4 Å². The maximum atomic E-state index is 12.5. The van der Waals surface area contributed by atoms with Gasteiger partial charge in [-0.25, -0.2) is 15.0 Å². The van der Waals surface area contributed by atoms with E-state index in [2.05, 4.69) is 25.4 Å². The second-order valence-corrected chi connectivity index (χ2v) is 5.39. The molecule has 3 aromatic heterocycles. The molecule has 1 amide bonds. The molecule has 3 heterocycles. The monoisotopic (exact) mass is 358 g/mol. The molecule has 26 heavy (non-hydrogen) atoms. The number of hydrogen-bond acceptors (Lipinski definition) is 8. The third kappa shape index (κ3) is 3.70. The Hall–Kier alpha value is -3.27. The highest BCUT2D eigenvalue weighted by Crippen LogP contribution is 2.21. The zero-order chi connectivity index (χ0) is 18.5. The lowest BCUT2D eigenvalue weighted by Gasteiger charge is -2.17. The van der Waals surface area contributed by atoms with E-state index in [0.717, 1.165) is 5.56 Å². The fourth-order valence-electron chi connectivity index (χ4n) is 2.23. The number of carbonyl (C=O) groups excluding carboxylic acids is 1. The Morgan fingerprint density at radius 3 is 2.77 bits per heavy atom. The third-order valence-electron chi connectivity index (χ3n) is 3.50. The van der Waals surface area contributed by atoms with Crippen LogP contribution in [-0.4, -0.2) is 57.7 Å². The van der Waals surface area contributed by atoms with Crippen molar-refractivity contribution in [2.45, 2.75) is 13.0 Å². The van der Waals surface area contributed by atoms with Gasteiger partial charge >= 0.3 is 0 Å². The van der Waals surface area contributed by atoms with E-state index in [1.807, 2.05) is 13.0 Å². The minimum absolute atomic E-state index is 0.0294. The standard InChI is InChI=1S/C16H18N6O4/c1-10-4-5-13(17-6-10)21-15(23)12(8-24-2)26-16-11-7-20-22(25-3)14(11)18-9-19-16/h4-7,9,12H,8H2,1-3H3,(H,17,21,23). The van der Waals surface area contributed by atoms with Crippen LogP contribution in [0.25, 0.3) is 11.0 Å². The first-order valence-corrected chi connectivity index (χ1v) is 7.74. The summed E-state index contributed by atoms with van der Waals surface area (Å²) in [4.78, 5) is 31.2. The summed E-state index contributed by atoms with van der Waals surface area (Å²) in [5.41, 5.74) is 1.42. The second kappa shape index (κ2) is 7.74. The van der Waals surface area contributed by atoms with Gasteiger partial charge in [0.1, 0.15) is 24.6 Å². The molecule has 0 fully saturated rings. The van der Waals surface area contributed by atoms with Crippen LogP contribution in [-0.2, 0) is 9.53 Å². The number of rotatable bonds is 7. The maximum Gasteiger partial charge on any atom is 0.269 e. The van der Waals surface area contributed by atoms with Crippen LogP contribution in [0.1, 0.15) is 5.56 Å². The lowest BCUT2D eigenvalue weighted by molar-refractivity contribution is -0.125. The van der Waals surface area contributed by atoms with E-state index in [0.29, 0.717) is 16.9 Å². The first kappa shape index (κ1) is 17.5. The molecule has 0 aliphatic rings. The van der Waals surface area contributed by atoms with E-state index in [4.69, 9.17) is 14.3 Å². The molecule has 0 aliphatic carbocycles. The van der Waals surface area contributed by atoms with Crippen LogP contribution in [0.2, 0.25) is 0 Å². The average Bonchev–Trinajstić information content (AvgIpc) is 3.07. The smallest absolute Gasteiger partial charge is 0.269 e. The first-order chi connectivity index (χ1) is 12.6. The van der Waals surface area contributed by atoms with Crippen LogP contribution in [0.5, 0.6) is 5.88 Å². The van der Waals surface area contributed by atoms with Crippen molar-refractivity contribution in [1.82, 2.24) is 24.9 Å². The SMILES string of the molecule is COCC(Oc1ncnc2c1cnn2OC)C(=O)Nc1ccc(C)cn1. The summed E-state index contributed by atoms with van der Waals surface area (Å²) in [6, 6.07) is 3.56. The molecule has 1 N–H and O–H groups in total. The molecule has 0 saturated carbocycles. The number of anilines is 1. The normalized spacial score (nSPS) is 12.0. The Morgan fingerprint density at radius 2 is 2.08 bits per heavy atom. The van der Waals surface area contributed by atoms with E-state index in [9.17, 15) is 4.79 Å². The summed E-state index contributed by atoms with van der Waals surface area (Å²) in [6.45, 7) is 1.94. The van der Waals surface area contributed by atoms with Crippen molar-refractivity contribution < 1.29 is 19.1 Å². The molecule has 136 valence electrons. The van der Waals surface area contributed by atoms with Crippen molar-refractivity contribution in [2.75, 3.05) is 26.1 Å². The van der Waals surface area contributed by atoms with Gasteiger partial charge in [-0.05, 0) is 18.6 Å². The molecule has 0 aromatic carbocycles. The Balaban J connectivity index is 1.81. The molecular weight excluding hydrogens is 340 g/mol. The van der Waals surface area contributed by atoms with Gasteiger partial charge in [0.25, 0.3) is 5.91 Å². The van der Waals surface area contributed by atoms with Gasteiger partial charge in [0, 0.05) is 13.3 Å². The number of pyridine rings is 1. The first-order valence-electron chi connectivity index (χ1n) is 7.74. The fraction of sp³-hybridized carbons (Fsp3) is 0.312. The Kier molecular flexibility index (Phi) is 5.23. The Labute approximate surface area is 149 Å². The van der Waals surface area contributed by atoms with Crippen molar-refractivity contribution in [3.8, 4) is 5.88 Å². The van der Waals surface area contributed by atoms with Crippen molar-refractivity contribution in [2.24, 2.45) is 0 Å². The summed E-state index contributed by atoms with van der Waals surface area (Å²) in [5.74, 6) is 0.215. The van der Waals surface area contributed by atoms with Gasteiger partial charge in [-0.3, -0.25) is 4.79 Å². The summed E-state index contributed by atoms with van der Waals surface area (Å²) in [7, 11) is 2.94. The molecule has 0 radical (unpaired) electrons. The van der Waals surface area contributed by atoms with Crippen LogP contribution in [0.3, 0.4) is 0 Å². The zero-order valence-corrected chi connectivity index (χ0v) is 14.5. The van der Waals surface area contributed by atoms with Gasteiger partial charge in [-0.15, -0.1) is 5.10 Å². The quantitative estimate of drug-likeness (QED) is 0.654. The fourth-order valence-corrected chi connectivity index (χ4v) is 2.23. The lowest BCUT2D eigenvalue weighted by atomic mass is 10.3. The Bertz CT molecular complexity index is 895. The predicted octanol–water partition coefficient (Wildman–Crippen LogP) is 0.621. The number of ether oxygens (including phenoxy) is 2. The van der Waals surface area contributed by atoms with Crippen LogP contribution in [0.4, 0.5) is 5.82 Å². The number of hydrogen-bond donors (Lipinski definition) is 1. The molecule has 10 heteroatoms. The molecule has 10 nitrogen and oxygen atoms in total. The number of amides is 1. The molecule has 1 atom stereocenters. The zero-order valence-electron chi connectivity index (χ0n) is 14.5. The van der Waals surface area contributed by atoms with Gasteiger partial charge in [-0.1, -0.05) is 10.9 Å². The molecule has 3 aromatic rings. The molecule has 0 aliphatic heterocycles. The minimum Gasteiger partial charge on any atom is -0.461 e. The topological polar surface area (TPSA) is 113 Å². The van der Waals surface area contributed by atoms with Crippen LogP contribution in [0.15, 0.2) is 30.9 Å². The van der Waals surface area contributed by atoms with Crippen molar-refractivity contribution >= 4 is 22.8 Å². The van der Waals surface area contributed by atoms with Gasteiger partial charge < -0.3 is 19.6 Å². The lowest BCUT2D eigenvalue weighted by Crippen LogP contribution is -2.37. The molecule has 0 saturated heterocycles. The highest BCUT2D eigenvalue weighted by atomic mass is 16.7. The molecular formula is C16H18N6O4. The van der Waals surface area contributed by atoms with E-state index in [-0.39, 0.29) is 12.5 Å². The summed E-state index contributed by atoms with van der Waals surface area (Å²) < 4.78 is 10.9. The van der Waals surface area contributed by atoms with Gasteiger partial charge in [0.05, 0.1) is 12.8 Å². The Morgan fingerprint density at radius 1 is 1.23 bits per heavy atom. The van der Waals surface area contributed by atoms with Crippen LogP contribution >= 0.6 is 0 Å². The third-order valence-corrected chi connectivity index (χ3v) is 3.50. The number of aryl methyl sites for hydroxylation is 1. The highest BCUT2D eigenvalue weighted by molar-refractivity contribution is 5.94. The average molecular weight is 358 g/mol. The minimum atomic E-state index is -0.938. The largest absolute Gasteiger partial charge is 0.461 e. The predicted molar refractivity (Wildman–Crippen MR) is 91.7 cm³/mol. The van der Waals surface area contributed by atoms with E-state index < -0.39 is 12.0 Å². The highest BCUT2D eigenvalue weighted by Gasteiger charge is 2.23. The molecule has 0 bridgehead atoms. The van der Waals surface area contributed by atoms with E-state index in [1.54, 1.807) is 12.3 Å². The summed E-state index contributed by atoms with van der Waals surface area (Å²) in [5, 5.41) is 7.22. The number of aromatic nitrogens is 5. The van der Waals surface area contributed by atoms with Gasteiger partial charge in [-0.2, -0.15) is 0 Å². The maximum absolute atomic E-state index is 12.5. The van der Waals surface area contributed by atoms with Crippen LogP contribution < -0.4 is 14.9 Å². The number of fused-ring (bicyclic) bond motifs is 1. The molecule has 3 rings (SSSR count). The molecule has 1 unspecified atom stereocenters. The summed E-state index contributed by atoms with van der Waals surface area (Å²) in [6.07, 6.45) is 3.52. The summed E-state index contributed by atoms with van der Waals surface area (Å²) >= 11 is 0. The molecule has 0 spiro atoms. The van der Waals surface area contributed by atoms with E-state index in [1.165, 1.54) is 31.6 Å². The van der Waals surface area contributed by atoms with E-state index >= 15 is 0 Å².